The third kappa shape index (κ3) is 5.11. The van der Waals surface area contributed by atoms with Gasteiger partial charge in [-0.05, 0) is 23.1 Å². The van der Waals surface area contributed by atoms with Gasteiger partial charge in [-0.15, -0.1) is 11.8 Å². The summed E-state index contributed by atoms with van der Waals surface area (Å²) in [6.07, 6.45) is -0.396. The summed E-state index contributed by atoms with van der Waals surface area (Å²) in [7, 11) is 1.60. The largest absolute Gasteiger partial charge is 0.390 e. The van der Waals surface area contributed by atoms with Crippen LogP contribution in [0.3, 0.4) is 0 Å². The summed E-state index contributed by atoms with van der Waals surface area (Å²) in [4.78, 5) is 1.19. The van der Waals surface area contributed by atoms with Gasteiger partial charge in [-0.3, -0.25) is 0 Å². The van der Waals surface area contributed by atoms with Gasteiger partial charge in [0.05, 0.1) is 12.7 Å². The molecule has 1 atom stereocenters. The van der Waals surface area contributed by atoms with E-state index < -0.39 is 6.10 Å². The van der Waals surface area contributed by atoms with Crippen molar-refractivity contribution in [1.29, 1.82) is 0 Å². The predicted molar refractivity (Wildman–Crippen MR) is 73.7 cm³/mol. The molecule has 1 aromatic carbocycles. The van der Waals surface area contributed by atoms with E-state index in [1.807, 2.05) is 0 Å². The van der Waals surface area contributed by atoms with Crippen LogP contribution in [0.5, 0.6) is 0 Å². The second-order valence-corrected chi connectivity index (χ2v) is 6.29. The van der Waals surface area contributed by atoms with Crippen molar-refractivity contribution in [2.24, 2.45) is 0 Å². The first kappa shape index (κ1) is 14.6. The summed E-state index contributed by atoms with van der Waals surface area (Å²) in [5.74, 6) is 0.669. The number of benzene rings is 1. The molecule has 0 radical (unpaired) electrons. The maximum Gasteiger partial charge on any atom is 0.0867 e. The summed E-state index contributed by atoms with van der Waals surface area (Å²) < 4.78 is 4.89. The average molecular weight is 254 g/mol. The van der Waals surface area contributed by atoms with Gasteiger partial charge in [0, 0.05) is 17.8 Å². The highest BCUT2D eigenvalue weighted by Gasteiger charge is 2.13. The Labute approximate surface area is 108 Å². The molecule has 0 aliphatic heterocycles. The highest BCUT2D eigenvalue weighted by atomic mass is 32.2. The first-order valence-corrected chi connectivity index (χ1v) is 6.82. The summed E-state index contributed by atoms with van der Waals surface area (Å²) in [6, 6.07) is 8.55. The van der Waals surface area contributed by atoms with Crippen molar-refractivity contribution >= 4 is 11.8 Å². The summed E-state index contributed by atoms with van der Waals surface area (Å²) in [6.45, 7) is 7.01. The van der Waals surface area contributed by atoms with Gasteiger partial charge in [0.2, 0.25) is 0 Å². The zero-order valence-electron chi connectivity index (χ0n) is 11.1. The molecule has 0 bridgehead atoms. The number of methoxy groups -OCH3 is 1. The highest BCUT2D eigenvalue weighted by Crippen LogP contribution is 2.25. The van der Waals surface area contributed by atoms with E-state index in [0.29, 0.717) is 12.4 Å². The number of ether oxygens (including phenoxy) is 1. The average Bonchev–Trinajstić information content (AvgIpc) is 2.26. The lowest BCUT2D eigenvalue weighted by atomic mass is 9.87. The van der Waals surface area contributed by atoms with Crippen LogP contribution in [0.2, 0.25) is 0 Å². The lowest BCUT2D eigenvalue weighted by Gasteiger charge is -2.19. The second kappa shape index (κ2) is 6.43. The molecule has 1 aromatic rings. The molecule has 0 aliphatic carbocycles. The van der Waals surface area contributed by atoms with E-state index in [2.05, 4.69) is 45.0 Å². The molecule has 0 spiro atoms. The Morgan fingerprint density at radius 2 is 1.82 bits per heavy atom. The topological polar surface area (TPSA) is 29.5 Å². The van der Waals surface area contributed by atoms with Crippen LogP contribution < -0.4 is 0 Å². The monoisotopic (exact) mass is 254 g/mol. The lowest BCUT2D eigenvalue weighted by molar-refractivity contribution is 0.0794. The maximum absolute atomic E-state index is 9.55. The summed E-state index contributed by atoms with van der Waals surface area (Å²) in [5.41, 5.74) is 1.53. The van der Waals surface area contributed by atoms with E-state index in [9.17, 15) is 5.11 Å². The third-order valence-electron chi connectivity index (χ3n) is 2.52. The maximum atomic E-state index is 9.55. The molecule has 0 heterocycles. The number of aliphatic hydroxyl groups excluding tert-OH is 1. The van der Waals surface area contributed by atoms with Crippen LogP contribution >= 0.6 is 11.8 Å². The fraction of sp³-hybridized carbons (Fsp3) is 0.571. The number of hydrogen-bond acceptors (Lipinski definition) is 3. The van der Waals surface area contributed by atoms with Gasteiger partial charge in [-0.25, -0.2) is 0 Å². The minimum atomic E-state index is -0.396. The van der Waals surface area contributed by atoms with E-state index >= 15 is 0 Å². The molecule has 0 fully saturated rings. The SMILES string of the molecule is COCC(O)CSc1ccc(C(C)(C)C)cc1. The molecule has 1 N–H and O–H groups in total. The molecule has 0 saturated heterocycles. The van der Waals surface area contributed by atoms with E-state index in [-0.39, 0.29) is 5.41 Å². The molecule has 0 aromatic heterocycles. The molecule has 17 heavy (non-hydrogen) atoms. The zero-order chi connectivity index (χ0) is 12.9. The molecule has 0 aliphatic rings. The molecule has 2 nitrogen and oxygen atoms in total. The van der Waals surface area contributed by atoms with Gasteiger partial charge in [-0.2, -0.15) is 0 Å². The smallest absolute Gasteiger partial charge is 0.0867 e. The first-order chi connectivity index (χ1) is 7.93. The molecule has 1 unspecified atom stereocenters. The van der Waals surface area contributed by atoms with Crippen molar-refractivity contribution in [2.75, 3.05) is 19.5 Å². The van der Waals surface area contributed by atoms with Crippen LogP contribution in [0.1, 0.15) is 26.3 Å². The highest BCUT2D eigenvalue weighted by molar-refractivity contribution is 7.99. The minimum absolute atomic E-state index is 0.193. The Kier molecular flexibility index (Phi) is 5.50. The Bertz CT molecular complexity index is 327. The van der Waals surface area contributed by atoms with E-state index in [1.54, 1.807) is 18.9 Å². The third-order valence-corrected chi connectivity index (χ3v) is 3.68. The minimum Gasteiger partial charge on any atom is -0.390 e. The standard InChI is InChI=1S/C14H22O2S/c1-14(2,3)11-5-7-13(8-6-11)17-10-12(15)9-16-4/h5-8,12,15H,9-10H2,1-4H3. The second-order valence-electron chi connectivity index (χ2n) is 5.19. The molecule has 0 saturated carbocycles. The van der Waals surface area contributed by atoms with Gasteiger partial charge in [0.15, 0.2) is 0 Å². The number of thioether (sulfide) groups is 1. The van der Waals surface area contributed by atoms with Crippen LogP contribution in [-0.2, 0) is 10.2 Å². The van der Waals surface area contributed by atoms with E-state index in [1.165, 1.54) is 10.5 Å². The van der Waals surface area contributed by atoms with Crippen LogP contribution in [0, 0.1) is 0 Å². The molecule has 96 valence electrons. The molecule has 0 amide bonds. The summed E-state index contributed by atoms with van der Waals surface area (Å²) in [5, 5.41) is 9.55. The molecule has 1 rings (SSSR count). The predicted octanol–water partition coefficient (Wildman–Crippen LogP) is 3.08. The fourth-order valence-electron chi connectivity index (χ4n) is 1.48. The van der Waals surface area contributed by atoms with Crippen molar-refractivity contribution in [3.63, 3.8) is 0 Å². The van der Waals surface area contributed by atoms with Gasteiger partial charge in [0.1, 0.15) is 0 Å². The van der Waals surface area contributed by atoms with E-state index in [4.69, 9.17) is 4.74 Å². The fourth-order valence-corrected chi connectivity index (χ4v) is 2.29. The van der Waals surface area contributed by atoms with Gasteiger partial charge < -0.3 is 9.84 Å². The van der Waals surface area contributed by atoms with Crippen molar-refractivity contribution in [2.45, 2.75) is 37.2 Å². The van der Waals surface area contributed by atoms with Crippen LogP contribution in [0.4, 0.5) is 0 Å². The first-order valence-electron chi connectivity index (χ1n) is 5.84. The van der Waals surface area contributed by atoms with Gasteiger partial charge >= 0.3 is 0 Å². The van der Waals surface area contributed by atoms with Crippen molar-refractivity contribution in [1.82, 2.24) is 0 Å². The zero-order valence-corrected chi connectivity index (χ0v) is 11.9. The molecular formula is C14H22O2S. The Morgan fingerprint density at radius 1 is 1.24 bits per heavy atom. The van der Waals surface area contributed by atoms with Crippen molar-refractivity contribution in [3.8, 4) is 0 Å². The Hall–Kier alpha value is -0.510. The molecule has 3 heteroatoms. The number of rotatable bonds is 5. The van der Waals surface area contributed by atoms with Crippen LogP contribution in [-0.4, -0.2) is 30.7 Å². The number of hydrogen-bond donors (Lipinski definition) is 1. The Morgan fingerprint density at radius 3 is 2.29 bits per heavy atom. The number of aliphatic hydroxyl groups is 1. The van der Waals surface area contributed by atoms with Gasteiger partial charge in [0.25, 0.3) is 0 Å². The van der Waals surface area contributed by atoms with Crippen molar-refractivity contribution in [3.05, 3.63) is 29.8 Å². The van der Waals surface area contributed by atoms with E-state index in [0.717, 1.165) is 0 Å². The summed E-state index contributed by atoms with van der Waals surface area (Å²) >= 11 is 1.66. The molecular weight excluding hydrogens is 232 g/mol. The van der Waals surface area contributed by atoms with Crippen LogP contribution in [0.15, 0.2) is 29.2 Å². The van der Waals surface area contributed by atoms with Crippen molar-refractivity contribution < 1.29 is 9.84 Å². The Balaban J connectivity index is 2.51. The lowest BCUT2D eigenvalue weighted by Crippen LogP contribution is -2.16. The quantitative estimate of drug-likeness (QED) is 0.819. The van der Waals surface area contributed by atoms with Gasteiger partial charge in [-0.1, -0.05) is 32.9 Å². The van der Waals surface area contributed by atoms with Crippen LogP contribution in [0.25, 0.3) is 0 Å². The normalized spacial score (nSPS) is 13.7.